The molecule has 5 heteroatoms. The van der Waals surface area contributed by atoms with Gasteiger partial charge in [0, 0.05) is 13.0 Å². The lowest BCUT2D eigenvalue weighted by molar-refractivity contribution is 0.0140. The Morgan fingerprint density at radius 3 is 2.94 bits per heavy atom. The van der Waals surface area contributed by atoms with E-state index in [-0.39, 0.29) is 6.04 Å². The van der Waals surface area contributed by atoms with E-state index in [9.17, 15) is 8.78 Å². The molecule has 0 aromatic heterocycles. The Morgan fingerprint density at radius 2 is 2.35 bits per heavy atom. The van der Waals surface area contributed by atoms with E-state index in [1.54, 1.807) is 0 Å². The number of hydrogen-bond acceptors (Lipinski definition) is 3. The van der Waals surface area contributed by atoms with Crippen LogP contribution in [-0.4, -0.2) is 38.8 Å². The van der Waals surface area contributed by atoms with Gasteiger partial charge in [-0.2, -0.15) is 0 Å². The average molecular weight is 249 g/mol. The van der Waals surface area contributed by atoms with Gasteiger partial charge < -0.3 is 14.8 Å². The third-order valence-electron chi connectivity index (χ3n) is 2.51. The van der Waals surface area contributed by atoms with Crippen LogP contribution in [0, 0.1) is 0 Å². The van der Waals surface area contributed by atoms with Crippen molar-refractivity contribution in [1.82, 2.24) is 5.32 Å². The highest BCUT2D eigenvalue weighted by atomic mass is 19.3. The van der Waals surface area contributed by atoms with E-state index in [0.717, 1.165) is 31.8 Å². The molecule has 0 aromatic carbocycles. The van der Waals surface area contributed by atoms with Crippen LogP contribution in [0.2, 0.25) is 0 Å². The van der Waals surface area contributed by atoms with Gasteiger partial charge in [0.1, 0.15) is 12.4 Å². The van der Waals surface area contributed by atoms with Crippen LogP contribution >= 0.6 is 0 Å². The molecule has 0 saturated carbocycles. The van der Waals surface area contributed by atoms with E-state index < -0.39 is 13.0 Å². The summed E-state index contributed by atoms with van der Waals surface area (Å²) in [4.78, 5) is 0. The molecule has 17 heavy (non-hydrogen) atoms. The van der Waals surface area contributed by atoms with Crippen LogP contribution < -0.4 is 5.32 Å². The standard InChI is InChI=1S/C12H21F2NO2/c1-2-6-15-10(11-4-3-7-17-11)5-8-16-9-12(13)14/h4,10,12,15H,2-3,5-9H2,1H3. The fourth-order valence-corrected chi connectivity index (χ4v) is 1.72. The Labute approximate surface area is 101 Å². The second-order valence-electron chi connectivity index (χ2n) is 4.01. The second-order valence-corrected chi connectivity index (χ2v) is 4.01. The molecule has 0 saturated heterocycles. The quantitative estimate of drug-likeness (QED) is 0.636. The normalized spacial score (nSPS) is 17.1. The zero-order valence-corrected chi connectivity index (χ0v) is 10.3. The summed E-state index contributed by atoms with van der Waals surface area (Å²) in [6, 6.07) is 0.0927. The van der Waals surface area contributed by atoms with Crippen molar-refractivity contribution in [1.29, 1.82) is 0 Å². The van der Waals surface area contributed by atoms with E-state index in [1.807, 2.05) is 0 Å². The zero-order valence-electron chi connectivity index (χ0n) is 10.3. The summed E-state index contributed by atoms with van der Waals surface area (Å²) in [5.74, 6) is 0.930. The molecule has 0 aromatic rings. The highest BCUT2D eigenvalue weighted by Crippen LogP contribution is 2.16. The van der Waals surface area contributed by atoms with Gasteiger partial charge in [-0.15, -0.1) is 0 Å². The van der Waals surface area contributed by atoms with Gasteiger partial charge in [0.2, 0.25) is 0 Å². The molecule has 1 rings (SSSR count). The van der Waals surface area contributed by atoms with Gasteiger partial charge in [-0.25, -0.2) is 8.78 Å². The van der Waals surface area contributed by atoms with E-state index in [1.165, 1.54) is 0 Å². The van der Waals surface area contributed by atoms with E-state index >= 15 is 0 Å². The van der Waals surface area contributed by atoms with E-state index in [2.05, 4.69) is 18.3 Å². The van der Waals surface area contributed by atoms with E-state index in [4.69, 9.17) is 9.47 Å². The Hall–Kier alpha value is -0.680. The minimum atomic E-state index is -2.39. The summed E-state index contributed by atoms with van der Waals surface area (Å²) < 4.78 is 34.1. The summed E-state index contributed by atoms with van der Waals surface area (Å²) in [6.45, 7) is 3.53. The Bertz CT molecular complexity index is 235. The lowest BCUT2D eigenvalue weighted by Gasteiger charge is -2.19. The van der Waals surface area contributed by atoms with Crippen LogP contribution in [0.4, 0.5) is 8.78 Å². The first-order chi connectivity index (χ1) is 8.24. The maximum absolute atomic E-state index is 11.9. The number of alkyl halides is 2. The molecule has 1 aliphatic heterocycles. The summed E-state index contributed by atoms with van der Waals surface area (Å²) in [6.07, 6.45) is 2.29. The number of nitrogens with one attached hydrogen (secondary N) is 1. The van der Waals surface area contributed by atoms with Crippen molar-refractivity contribution in [3.63, 3.8) is 0 Å². The number of halogens is 2. The van der Waals surface area contributed by atoms with Crippen molar-refractivity contribution in [3.05, 3.63) is 11.8 Å². The number of ether oxygens (including phenoxy) is 2. The van der Waals surface area contributed by atoms with Crippen molar-refractivity contribution >= 4 is 0 Å². The fourth-order valence-electron chi connectivity index (χ4n) is 1.72. The average Bonchev–Trinajstić information content (AvgIpc) is 2.81. The third-order valence-corrected chi connectivity index (χ3v) is 2.51. The van der Waals surface area contributed by atoms with Crippen LogP contribution in [0.25, 0.3) is 0 Å². The summed E-state index contributed by atoms with van der Waals surface area (Å²) in [5.41, 5.74) is 0. The van der Waals surface area contributed by atoms with Crippen LogP contribution in [0.3, 0.4) is 0 Å². The first-order valence-corrected chi connectivity index (χ1v) is 6.16. The van der Waals surface area contributed by atoms with Crippen LogP contribution in [0.15, 0.2) is 11.8 Å². The number of hydrogen-bond donors (Lipinski definition) is 1. The van der Waals surface area contributed by atoms with Gasteiger partial charge in [-0.05, 0) is 25.5 Å². The van der Waals surface area contributed by atoms with Gasteiger partial charge >= 0.3 is 0 Å². The summed E-state index contributed by atoms with van der Waals surface area (Å²) in [5, 5.41) is 3.34. The Morgan fingerprint density at radius 1 is 1.53 bits per heavy atom. The maximum Gasteiger partial charge on any atom is 0.261 e. The first-order valence-electron chi connectivity index (χ1n) is 6.16. The maximum atomic E-state index is 11.9. The lowest BCUT2D eigenvalue weighted by atomic mass is 10.1. The minimum absolute atomic E-state index is 0.0927. The van der Waals surface area contributed by atoms with E-state index in [0.29, 0.717) is 13.0 Å². The molecule has 0 bridgehead atoms. The predicted molar refractivity (Wildman–Crippen MR) is 62.2 cm³/mol. The molecule has 100 valence electrons. The molecule has 1 heterocycles. The van der Waals surface area contributed by atoms with Crippen LogP contribution in [-0.2, 0) is 9.47 Å². The molecule has 3 nitrogen and oxygen atoms in total. The lowest BCUT2D eigenvalue weighted by Crippen LogP contribution is -2.33. The molecule has 1 N–H and O–H groups in total. The smallest absolute Gasteiger partial charge is 0.261 e. The molecule has 0 radical (unpaired) electrons. The summed E-state index contributed by atoms with van der Waals surface area (Å²) >= 11 is 0. The topological polar surface area (TPSA) is 30.5 Å². The Kier molecular flexibility index (Phi) is 7.12. The van der Waals surface area contributed by atoms with Crippen LogP contribution in [0.5, 0.6) is 0 Å². The third kappa shape index (κ3) is 5.98. The molecule has 1 unspecified atom stereocenters. The molecule has 1 aliphatic rings. The molecular weight excluding hydrogens is 228 g/mol. The fraction of sp³-hybridized carbons (Fsp3) is 0.833. The molecular formula is C12H21F2NO2. The SMILES string of the molecule is CCCNC(CCOCC(F)F)C1=CCCO1. The molecule has 1 atom stereocenters. The molecule has 0 fully saturated rings. The van der Waals surface area contributed by atoms with Gasteiger partial charge in [0.25, 0.3) is 6.43 Å². The number of rotatable bonds is 9. The molecule has 0 aliphatic carbocycles. The van der Waals surface area contributed by atoms with Crippen LogP contribution in [0.1, 0.15) is 26.2 Å². The monoisotopic (exact) mass is 249 g/mol. The predicted octanol–water partition coefficient (Wildman–Crippen LogP) is 2.33. The van der Waals surface area contributed by atoms with Gasteiger partial charge in [-0.3, -0.25) is 0 Å². The first kappa shape index (κ1) is 14.4. The highest BCUT2D eigenvalue weighted by Gasteiger charge is 2.18. The van der Waals surface area contributed by atoms with Gasteiger partial charge in [-0.1, -0.05) is 6.92 Å². The van der Waals surface area contributed by atoms with Gasteiger partial charge in [0.05, 0.1) is 12.6 Å². The molecule has 0 spiro atoms. The van der Waals surface area contributed by atoms with Crippen molar-refractivity contribution in [3.8, 4) is 0 Å². The van der Waals surface area contributed by atoms with Crippen molar-refractivity contribution in [2.24, 2.45) is 0 Å². The van der Waals surface area contributed by atoms with Crippen molar-refractivity contribution in [2.45, 2.75) is 38.7 Å². The summed E-state index contributed by atoms with van der Waals surface area (Å²) in [7, 11) is 0. The zero-order chi connectivity index (χ0) is 12.5. The molecule has 0 amide bonds. The minimum Gasteiger partial charge on any atom is -0.496 e. The van der Waals surface area contributed by atoms with Crippen molar-refractivity contribution < 1.29 is 18.3 Å². The largest absolute Gasteiger partial charge is 0.496 e. The van der Waals surface area contributed by atoms with Crippen molar-refractivity contribution in [2.75, 3.05) is 26.4 Å². The second kappa shape index (κ2) is 8.42. The van der Waals surface area contributed by atoms with Gasteiger partial charge in [0.15, 0.2) is 0 Å². The highest BCUT2D eigenvalue weighted by molar-refractivity contribution is 5.07. The Balaban J connectivity index is 2.25.